The Kier molecular flexibility index (Phi) is 10.6. The highest BCUT2D eigenvalue weighted by atomic mass is 35.5. The number of aryl methyl sites for hydroxylation is 1. The van der Waals surface area contributed by atoms with E-state index >= 15 is 0 Å². The molecule has 4 rings (SSSR count). The Hall–Kier alpha value is -3.76. The maximum Gasteiger partial charge on any atom is 0.264 e. The highest BCUT2D eigenvalue weighted by Crippen LogP contribution is 2.32. The van der Waals surface area contributed by atoms with Crippen molar-refractivity contribution in [2.45, 2.75) is 63.1 Å². The van der Waals surface area contributed by atoms with Crippen molar-refractivity contribution in [3.8, 4) is 11.5 Å². The molecule has 0 aromatic heterocycles. The Labute approximate surface area is 258 Å². The largest absolute Gasteiger partial charge is 0.493 e. The summed E-state index contributed by atoms with van der Waals surface area (Å²) in [6, 6.07) is 17.3. The van der Waals surface area contributed by atoms with Crippen molar-refractivity contribution in [2.75, 3.05) is 25.1 Å². The second-order valence-electron chi connectivity index (χ2n) is 10.7. The number of rotatable bonds is 12. The first-order valence-corrected chi connectivity index (χ1v) is 16.0. The van der Waals surface area contributed by atoms with Crippen LogP contribution < -0.4 is 19.1 Å². The Morgan fingerprint density at radius 1 is 0.953 bits per heavy atom. The molecular weight excluding hydrogens is 590 g/mol. The fraction of sp³-hybridized carbons (Fsp3) is 0.375. The quantitative estimate of drug-likeness (QED) is 0.291. The number of sulfonamides is 1. The van der Waals surface area contributed by atoms with Crippen molar-refractivity contribution in [1.29, 1.82) is 0 Å². The van der Waals surface area contributed by atoms with Gasteiger partial charge in [-0.05, 0) is 68.7 Å². The lowest BCUT2D eigenvalue weighted by Gasteiger charge is -2.32. The standard InChI is InChI=1S/C32H38ClN3O6S/c1-22-9-15-27(16-10-22)36(43(39,40)28-17-18-29(41-3)30(19-28)42-4)21-31(37)35(20-24-11-13-25(33)14-12-24)23(2)32(38)34-26-7-5-6-8-26/h9-19,23,26H,5-8,20-21H2,1-4H3,(H,34,38)/t23-/m1/s1. The number of amides is 2. The van der Waals surface area contributed by atoms with Gasteiger partial charge >= 0.3 is 0 Å². The number of carbonyl (C=O) groups is 2. The predicted molar refractivity (Wildman–Crippen MR) is 167 cm³/mol. The van der Waals surface area contributed by atoms with Crippen molar-refractivity contribution < 1.29 is 27.5 Å². The summed E-state index contributed by atoms with van der Waals surface area (Å²) in [7, 11) is -1.38. The van der Waals surface area contributed by atoms with Crippen LogP contribution in [0.15, 0.2) is 71.6 Å². The van der Waals surface area contributed by atoms with Crippen LogP contribution in [0.4, 0.5) is 5.69 Å². The summed E-state index contributed by atoms with van der Waals surface area (Å²) in [5, 5.41) is 3.61. The number of nitrogens with one attached hydrogen (secondary N) is 1. The van der Waals surface area contributed by atoms with E-state index in [1.165, 1.54) is 37.3 Å². The number of carbonyl (C=O) groups excluding carboxylic acids is 2. The van der Waals surface area contributed by atoms with E-state index in [0.717, 1.165) is 41.1 Å². The second kappa shape index (κ2) is 14.1. The molecule has 1 N–H and O–H groups in total. The average Bonchev–Trinajstić information content (AvgIpc) is 3.52. The van der Waals surface area contributed by atoms with Crippen LogP contribution in [0.3, 0.4) is 0 Å². The molecule has 11 heteroatoms. The van der Waals surface area contributed by atoms with E-state index in [1.54, 1.807) is 55.5 Å². The van der Waals surface area contributed by atoms with Crippen molar-refractivity contribution >= 4 is 39.1 Å². The van der Waals surface area contributed by atoms with Gasteiger partial charge in [0.2, 0.25) is 11.8 Å². The Morgan fingerprint density at radius 3 is 2.19 bits per heavy atom. The van der Waals surface area contributed by atoms with E-state index in [-0.39, 0.29) is 29.1 Å². The zero-order valence-electron chi connectivity index (χ0n) is 24.9. The van der Waals surface area contributed by atoms with E-state index in [2.05, 4.69) is 5.32 Å². The zero-order valence-corrected chi connectivity index (χ0v) is 26.5. The van der Waals surface area contributed by atoms with Crippen LogP contribution >= 0.6 is 11.6 Å². The van der Waals surface area contributed by atoms with Crippen molar-refractivity contribution in [1.82, 2.24) is 10.2 Å². The third-order valence-corrected chi connectivity index (χ3v) is 9.70. The third-order valence-electron chi connectivity index (χ3n) is 7.68. The summed E-state index contributed by atoms with van der Waals surface area (Å²) in [4.78, 5) is 28.8. The molecule has 3 aromatic rings. The number of ether oxygens (including phenoxy) is 2. The molecule has 0 heterocycles. The molecule has 1 saturated carbocycles. The van der Waals surface area contributed by atoms with Gasteiger partial charge in [-0.3, -0.25) is 13.9 Å². The first-order chi connectivity index (χ1) is 20.5. The number of nitrogens with zero attached hydrogens (tertiary/aromatic N) is 2. The van der Waals surface area contributed by atoms with Gasteiger partial charge in [0, 0.05) is 23.7 Å². The first kappa shape index (κ1) is 32.2. The molecule has 1 atom stereocenters. The average molecular weight is 628 g/mol. The smallest absolute Gasteiger partial charge is 0.264 e. The lowest BCUT2D eigenvalue weighted by Crippen LogP contribution is -2.52. The monoisotopic (exact) mass is 627 g/mol. The van der Waals surface area contributed by atoms with Gasteiger partial charge in [0.25, 0.3) is 10.0 Å². The van der Waals surface area contributed by atoms with Gasteiger partial charge in [-0.15, -0.1) is 0 Å². The number of methoxy groups -OCH3 is 2. The third kappa shape index (κ3) is 7.80. The second-order valence-corrected chi connectivity index (χ2v) is 13.0. The van der Waals surface area contributed by atoms with Crippen LogP contribution in [0.25, 0.3) is 0 Å². The topological polar surface area (TPSA) is 105 Å². The molecule has 0 unspecified atom stereocenters. The van der Waals surface area contributed by atoms with Crippen LogP contribution in [-0.2, 0) is 26.2 Å². The minimum atomic E-state index is -4.26. The maximum atomic E-state index is 14.1. The molecule has 0 radical (unpaired) electrons. The van der Waals surface area contributed by atoms with Gasteiger partial charge in [-0.2, -0.15) is 0 Å². The number of anilines is 1. The summed E-state index contributed by atoms with van der Waals surface area (Å²) in [6.07, 6.45) is 3.89. The van der Waals surface area contributed by atoms with E-state index < -0.39 is 28.5 Å². The molecule has 230 valence electrons. The lowest BCUT2D eigenvalue weighted by molar-refractivity contribution is -0.139. The minimum absolute atomic E-state index is 0.0666. The van der Waals surface area contributed by atoms with Crippen molar-refractivity contribution in [2.24, 2.45) is 0 Å². The molecule has 0 spiro atoms. The Morgan fingerprint density at radius 2 is 1.58 bits per heavy atom. The molecule has 3 aromatic carbocycles. The molecule has 1 fully saturated rings. The summed E-state index contributed by atoms with van der Waals surface area (Å²) in [5.74, 6) is -0.205. The van der Waals surface area contributed by atoms with Crippen LogP contribution in [0.5, 0.6) is 11.5 Å². The Bertz CT molecular complexity index is 1520. The fourth-order valence-electron chi connectivity index (χ4n) is 5.11. The number of halogens is 1. The van der Waals surface area contributed by atoms with Gasteiger partial charge in [-0.25, -0.2) is 8.42 Å². The van der Waals surface area contributed by atoms with Gasteiger partial charge in [0.05, 0.1) is 24.8 Å². The molecule has 1 aliphatic carbocycles. The lowest BCUT2D eigenvalue weighted by atomic mass is 10.1. The summed E-state index contributed by atoms with van der Waals surface area (Å²) in [6.45, 7) is 3.11. The molecule has 1 aliphatic rings. The minimum Gasteiger partial charge on any atom is -0.493 e. The van der Waals surface area contributed by atoms with Crippen LogP contribution in [0.1, 0.15) is 43.7 Å². The summed E-state index contributed by atoms with van der Waals surface area (Å²) < 4.78 is 40.0. The van der Waals surface area contributed by atoms with Crippen molar-refractivity contribution in [3.63, 3.8) is 0 Å². The molecule has 0 saturated heterocycles. The van der Waals surface area contributed by atoms with Gasteiger partial charge in [0.15, 0.2) is 11.5 Å². The normalized spacial score (nSPS) is 14.2. The number of hydrogen-bond acceptors (Lipinski definition) is 6. The zero-order chi connectivity index (χ0) is 31.1. The highest BCUT2D eigenvalue weighted by molar-refractivity contribution is 7.92. The SMILES string of the molecule is COc1ccc(S(=O)(=O)N(CC(=O)N(Cc2ccc(Cl)cc2)[C@H](C)C(=O)NC2CCCC2)c2ccc(C)cc2)cc1OC. The summed E-state index contributed by atoms with van der Waals surface area (Å²) >= 11 is 6.08. The van der Waals surface area contributed by atoms with E-state index in [0.29, 0.717) is 16.5 Å². The van der Waals surface area contributed by atoms with Crippen molar-refractivity contribution in [3.05, 3.63) is 82.9 Å². The molecule has 0 bridgehead atoms. The van der Waals surface area contributed by atoms with E-state index in [4.69, 9.17) is 21.1 Å². The fourth-order valence-corrected chi connectivity index (χ4v) is 6.66. The number of benzene rings is 3. The van der Waals surface area contributed by atoms with Crippen LogP contribution in [0.2, 0.25) is 5.02 Å². The van der Waals surface area contributed by atoms with Gasteiger partial charge in [-0.1, -0.05) is 54.3 Å². The molecule has 9 nitrogen and oxygen atoms in total. The predicted octanol–water partition coefficient (Wildman–Crippen LogP) is 5.34. The summed E-state index contributed by atoms with van der Waals surface area (Å²) in [5.41, 5.74) is 1.99. The maximum absolute atomic E-state index is 14.1. The van der Waals surface area contributed by atoms with Crippen LogP contribution in [-0.4, -0.2) is 58.0 Å². The van der Waals surface area contributed by atoms with Gasteiger partial charge in [0.1, 0.15) is 12.6 Å². The molecule has 2 amide bonds. The Balaban J connectivity index is 1.71. The number of hydrogen-bond donors (Lipinski definition) is 1. The van der Waals surface area contributed by atoms with E-state index in [9.17, 15) is 18.0 Å². The first-order valence-electron chi connectivity index (χ1n) is 14.2. The van der Waals surface area contributed by atoms with Gasteiger partial charge < -0.3 is 19.7 Å². The van der Waals surface area contributed by atoms with Crippen LogP contribution in [0, 0.1) is 6.92 Å². The van der Waals surface area contributed by atoms with E-state index in [1.807, 2.05) is 6.92 Å². The molecular formula is C32H38ClN3O6S. The molecule has 0 aliphatic heterocycles. The molecule has 43 heavy (non-hydrogen) atoms. The highest BCUT2D eigenvalue weighted by Gasteiger charge is 2.33.